The van der Waals surface area contributed by atoms with Gasteiger partial charge in [-0.25, -0.2) is 14.7 Å². The number of fused-ring (bicyclic) bond motifs is 5. The van der Waals surface area contributed by atoms with Crippen LogP contribution in [0.5, 0.6) is 0 Å². The van der Waals surface area contributed by atoms with Crippen molar-refractivity contribution in [3.05, 3.63) is 12.2 Å². The Morgan fingerprint density at radius 1 is 0.891 bits per heavy atom. The molecule has 256 valence electrons. The minimum absolute atomic E-state index is 0. The van der Waals surface area contributed by atoms with Crippen molar-refractivity contribution in [3.8, 4) is 0 Å². The van der Waals surface area contributed by atoms with E-state index in [2.05, 4.69) is 59.9 Å². The summed E-state index contributed by atoms with van der Waals surface area (Å²) >= 11 is 0.856. The molecule has 4 aliphatic carbocycles. The van der Waals surface area contributed by atoms with Gasteiger partial charge in [0.15, 0.2) is 24.6 Å². The fourth-order valence-corrected chi connectivity index (χ4v) is 11.0. The molecule has 0 aromatic carbocycles. The number of hydrogen-bond acceptors (Lipinski definition) is 13. The van der Waals surface area contributed by atoms with Gasteiger partial charge in [-0.2, -0.15) is 8.42 Å². The first-order valence-electron chi connectivity index (χ1n) is 15.2. The molecule has 4 rings (SSSR count). The Balaban J connectivity index is -0.00000353. The van der Waals surface area contributed by atoms with Crippen LogP contribution in [0.2, 0.25) is 0 Å². The fraction of sp³-hybridized carbons (Fsp3) is 0.929. The molecule has 12 atom stereocenters. The smallest absolute Gasteiger partial charge is 1.00 e. The van der Waals surface area contributed by atoms with Crippen LogP contribution < -0.4 is 88.7 Å². The van der Waals surface area contributed by atoms with E-state index < -0.39 is 34.1 Å². The Labute approximate surface area is 354 Å². The molecule has 18 heteroatoms. The average molecular weight is 745 g/mol. The maximum atomic E-state index is 12.1. The van der Waals surface area contributed by atoms with Gasteiger partial charge in [0.05, 0.1) is 6.10 Å². The molecule has 0 heterocycles. The predicted molar refractivity (Wildman–Crippen MR) is 163 cm³/mol. The Morgan fingerprint density at radius 2 is 1.48 bits per heavy atom. The maximum Gasteiger partial charge on any atom is 1.00 e. The molecule has 12 unspecified atom stereocenters. The zero-order valence-corrected chi connectivity index (χ0v) is 37.0. The molecule has 0 aromatic heterocycles. The number of rotatable bonds is 15. The van der Waals surface area contributed by atoms with E-state index in [9.17, 15) is 13.0 Å². The first-order valence-corrected chi connectivity index (χ1v) is 17.9. The van der Waals surface area contributed by atoms with E-state index in [-0.39, 0.29) is 116 Å². The van der Waals surface area contributed by atoms with E-state index >= 15 is 0 Å². The van der Waals surface area contributed by atoms with Gasteiger partial charge in [0.2, 0.25) is 0 Å². The van der Waals surface area contributed by atoms with Crippen LogP contribution in [0.15, 0.2) is 12.2 Å². The molecule has 4 aliphatic rings. The van der Waals surface area contributed by atoms with Gasteiger partial charge in [0.25, 0.3) is 0 Å². The van der Waals surface area contributed by atoms with Gasteiger partial charge in [0.1, 0.15) is 12.2 Å². The van der Waals surface area contributed by atoms with E-state index in [1.54, 1.807) is 0 Å². The van der Waals surface area contributed by atoms with Crippen LogP contribution in [0.25, 0.3) is 0 Å². The molecule has 46 heavy (non-hydrogen) atoms. The van der Waals surface area contributed by atoms with Crippen molar-refractivity contribution in [2.45, 2.75) is 111 Å². The third-order valence-electron chi connectivity index (χ3n) is 12.0. The van der Waals surface area contributed by atoms with Crippen LogP contribution in [-0.4, -0.2) is 41.8 Å². The molecule has 0 bridgehead atoms. The molecule has 12 nitrogen and oxygen atoms in total. The van der Waals surface area contributed by atoms with Crippen LogP contribution >= 0.6 is 24.6 Å². The molecule has 0 radical (unpaired) electrons. The topological polar surface area (TPSA) is 159 Å². The van der Waals surface area contributed by atoms with Gasteiger partial charge in [-0.3, -0.25) is 12.9 Å². The first-order chi connectivity index (χ1) is 20.2. The van der Waals surface area contributed by atoms with Crippen molar-refractivity contribution >= 4 is 35.0 Å². The molecule has 4 saturated carbocycles. The van der Waals surface area contributed by atoms with Crippen LogP contribution in [0, 0.1) is 52.3 Å². The van der Waals surface area contributed by atoms with Gasteiger partial charge in [-0.1, -0.05) is 49.9 Å². The SMILES string of the molecule is C=C(C)C(C)CCC(C)C1CCC2C3CC(OS(=O)(=O)O)C4CC(OSOOO)C(OSOOO)CC4(C)C3CCC12C.[H-].[H-].[H-].[Na+].[Na+].[Na+]. The predicted octanol–water partition coefficient (Wildman–Crippen LogP) is -1.23. The van der Waals surface area contributed by atoms with E-state index in [0.29, 0.717) is 67.6 Å². The molecule has 0 aromatic rings. The quantitative estimate of drug-likeness (QED) is 0.0348. The fourth-order valence-electron chi connectivity index (χ4n) is 9.81. The number of hydrogen-bond donors (Lipinski definition) is 3. The third kappa shape index (κ3) is 11.0. The average Bonchev–Trinajstić information content (AvgIpc) is 3.29. The maximum absolute atomic E-state index is 12.1. The summed E-state index contributed by atoms with van der Waals surface area (Å²) in [4.78, 5) is 0. The second kappa shape index (κ2) is 20.4. The summed E-state index contributed by atoms with van der Waals surface area (Å²) in [6, 6.07) is 0. The summed E-state index contributed by atoms with van der Waals surface area (Å²) in [6.45, 7) is 15.5. The van der Waals surface area contributed by atoms with Crippen molar-refractivity contribution in [1.82, 2.24) is 0 Å². The molecule has 0 saturated heterocycles. The Morgan fingerprint density at radius 3 is 2.04 bits per heavy atom. The van der Waals surface area contributed by atoms with Crippen molar-refractivity contribution in [3.63, 3.8) is 0 Å². The number of allylic oxidation sites excluding steroid dienone is 1. The zero-order valence-electron chi connectivity index (χ0n) is 31.6. The summed E-state index contributed by atoms with van der Waals surface area (Å²) in [6.07, 6.45) is 5.90. The molecular formula is C28H51Na3O12S3. The molecule has 3 N–H and O–H groups in total. The summed E-state index contributed by atoms with van der Waals surface area (Å²) in [5.74, 6) is 2.25. The standard InChI is InChI=1S/C28H48O12S3.3Na.3H/c1-16(2)17(3)7-8-18(4)20-9-10-21-19-13-24(36-43(31,32)33)23-14-25(34-41-39-37-29)26(35-42-40-38-30)15-28(23,6)22(19)11-12-27(20,21)5;;;;;;/h17-26,29-30H,1,7-15H2,2-6H3,(H,31,32,33);;;;;;/q;3*+1;3*-1. The molecule has 0 aliphatic heterocycles. The zero-order chi connectivity index (χ0) is 31.6. The molecule has 0 amide bonds. The monoisotopic (exact) mass is 744 g/mol. The van der Waals surface area contributed by atoms with Gasteiger partial charge >= 0.3 is 99.1 Å². The van der Waals surface area contributed by atoms with Crippen LogP contribution in [0.1, 0.15) is 96.7 Å². The van der Waals surface area contributed by atoms with Crippen molar-refractivity contribution in [2.75, 3.05) is 0 Å². The van der Waals surface area contributed by atoms with Crippen molar-refractivity contribution in [2.24, 2.45) is 52.3 Å². The Kier molecular flexibility index (Phi) is 20.9. The second-order valence-electron chi connectivity index (χ2n) is 13.9. The van der Waals surface area contributed by atoms with Crippen LogP contribution in [0.4, 0.5) is 0 Å². The van der Waals surface area contributed by atoms with Crippen molar-refractivity contribution in [1.29, 1.82) is 0 Å². The van der Waals surface area contributed by atoms with Crippen molar-refractivity contribution < 1.29 is 148 Å². The Hall–Kier alpha value is 2.99. The van der Waals surface area contributed by atoms with Gasteiger partial charge in [-0.05, 0) is 117 Å². The minimum Gasteiger partial charge on any atom is -1.00 e. The van der Waals surface area contributed by atoms with Gasteiger partial charge in [-0.15, -0.1) is 8.67 Å². The second-order valence-corrected chi connectivity index (χ2v) is 15.9. The van der Waals surface area contributed by atoms with E-state index in [4.69, 9.17) is 23.1 Å². The molecular weight excluding hydrogens is 693 g/mol. The third-order valence-corrected chi connectivity index (χ3v) is 13.3. The molecule has 4 fully saturated rings. The van der Waals surface area contributed by atoms with Crippen LogP contribution in [0.3, 0.4) is 0 Å². The summed E-state index contributed by atoms with van der Waals surface area (Å²) in [5.41, 5.74) is 0.933. The van der Waals surface area contributed by atoms with E-state index in [1.807, 2.05) is 0 Å². The largest absolute Gasteiger partial charge is 1.00 e. The normalized spacial score (nSPS) is 38.1. The van der Waals surface area contributed by atoms with E-state index in [1.165, 1.54) is 5.57 Å². The van der Waals surface area contributed by atoms with Crippen LogP contribution in [-0.2, 0) is 41.7 Å². The molecule has 0 spiro atoms. The summed E-state index contributed by atoms with van der Waals surface area (Å²) in [5, 5.41) is 24.5. The summed E-state index contributed by atoms with van der Waals surface area (Å²) in [7, 11) is -4.72. The van der Waals surface area contributed by atoms with Gasteiger partial charge in [0, 0.05) is 0 Å². The minimum atomic E-state index is -4.72. The first kappa shape index (κ1) is 47.0. The van der Waals surface area contributed by atoms with E-state index in [0.717, 1.165) is 38.5 Å². The van der Waals surface area contributed by atoms with Gasteiger partial charge < -0.3 is 4.28 Å². The summed E-state index contributed by atoms with van der Waals surface area (Å²) < 4.78 is 59.9. The Bertz CT molecular complexity index is 1080.